The molecule has 21 heavy (non-hydrogen) atoms. The number of aryl methyl sites for hydroxylation is 3. The van der Waals surface area contributed by atoms with Gasteiger partial charge in [0.15, 0.2) is 0 Å². The second-order valence-corrected chi connectivity index (χ2v) is 6.75. The minimum Gasteiger partial charge on any atom is -0.280 e. The van der Waals surface area contributed by atoms with Gasteiger partial charge < -0.3 is 0 Å². The molecule has 5 heteroatoms. The maximum atomic E-state index is 12.4. The standard InChI is InChI=1S/C16H16N2O2S/c1-11-6-12(2)8-15(7-11)18-21(19,20)16-5-4-14(10-17)13(3)9-16/h4-9,18H,1-3H3. The Labute approximate surface area is 125 Å². The van der Waals surface area contributed by atoms with E-state index in [4.69, 9.17) is 5.26 Å². The van der Waals surface area contributed by atoms with Crippen LogP contribution in [0.25, 0.3) is 0 Å². The summed E-state index contributed by atoms with van der Waals surface area (Å²) in [5.74, 6) is 0. The smallest absolute Gasteiger partial charge is 0.261 e. The first-order chi connectivity index (χ1) is 9.81. The van der Waals surface area contributed by atoms with Gasteiger partial charge in [0.25, 0.3) is 10.0 Å². The molecular weight excluding hydrogens is 284 g/mol. The van der Waals surface area contributed by atoms with Crippen molar-refractivity contribution in [2.45, 2.75) is 25.7 Å². The SMILES string of the molecule is Cc1cc(C)cc(NS(=O)(=O)c2ccc(C#N)c(C)c2)c1. The zero-order valence-corrected chi connectivity index (χ0v) is 13.0. The summed E-state index contributed by atoms with van der Waals surface area (Å²) in [5, 5.41) is 8.89. The molecule has 0 amide bonds. The number of nitrogens with zero attached hydrogens (tertiary/aromatic N) is 1. The molecule has 0 heterocycles. The molecule has 0 atom stereocenters. The van der Waals surface area contributed by atoms with Crippen LogP contribution in [0, 0.1) is 32.1 Å². The minimum absolute atomic E-state index is 0.151. The van der Waals surface area contributed by atoms with Crippen molar-refractivity contribution in [1.82, 2.24) is 0 Å². The van der Waals surface area contributed by atoms with Gasteiger partial charge in [-0.25, -0.2) is 8.42 Å². The molecule has 0 unspecified atom stereocenters. The van der Waals surface area contributed by atoms with Crippen molar-refractivity contribution in [2.75, 3.05) is 4.72 Å². The number of nitriles is 1. The van der Waals surface area contributed by atoms with E-state index < -0.39 is 10.0 Å². The van der Waals surface area contributed by atoms with Gasteiger partial charge in [0.05, 0.1) is 16.5 Å². The number of nitrogens with one attached hydrogen (secondary N) is 1. The molecule has 0 aliphatic rings. The van der Waals surface area contributed by atoms with Crippen LogP contribution in [0.15, 0.2) is 41.3 Å². The summed E-state index contributed by atoms with van der Waals surface area (Å²) in [4.78, 5) is 0.151. The Hall–Kier alpha value is -2.32. The van der Waals surface area contributed by atoms with E-state index in [9.17, 15) is 8.42 Å². The monoisotopic (exact) mass is 300 g/mol. The molecule has 2 aromatic carbocycles. The molecule has 0 saturated carbocycles. The summed E-state index contributed by atoms with van der Waals surface area (Å²) in [7, 11) is -3.65. The first kappa shape index (κ1) is 15.1. The molecule has 0 spiro atoms. The predicted molar refractivity (Wildman–Crippen MR) is 82.6 cm³/mol. The maximum Gasteiger partial charge on any atom is 0.261 e. The first-order valence-corrected chi connectivity index (χ1v) is 7.92. The Balaban J connectivity index is 2.39. The van der Waals surface area contributed by atoms with Crippen molar-refractivity contribution in [3.8, 4) is 6.07 Å². The van der Waals surface area contributed by atoms with Crippen LogP contribution >= 0.6 is 0 Å². The Morgan fingerprint density at radius 3 is 2.14 bits per heavy atom. The van der Waals surface area contributed by atoms with Gasteiger partial charge in [0.1, 0.15) is 0 Å². The number of rotatable bonds is 3. The highest BCUT2D eigenvalue weighted by Crippen LogP contribution is 2.20. The lowest BCUT2D eigenvalue weighted by Crippen LogP contribution is -2.13. The molecule has 0 saturated heterocycles. The predicted octanol–water partition coefficient (Wildman–Crippen LogP) is 3.28. The van der Waals surface area contributed by atoms with Gasteiger partial charge in [-0.3, -0.25) is 4.72 Å². The zero-order valence-electron chi connectivity index (χ0n) is 12.1. The highest BCUT2D eigenvalue weighted by Gasteiger charge is 2.15. The summed E-state index contributed by atoms with van der Waals surface area (Å²) in [6, 6.07) is 12.0. The molecule has 2 rings (SSSR count). The fourth-order valence-electron chi connectivity index (χ4n) is 2.18. The average molecular weight is 300 g/mol. The van der Waals surface area contributed by atoms with E-state index in [1.807, 2.05) is 26.0 Å². The van der Waals surface area contributed by atoms with Crippen molar-refractivity contribution in [3.63, 3.8) is 0 Å². The van der Waals surface area contributed by atoms with Gasteiger partial charge in [-0.05, 0) is 67.8 Å². The quantitative estimate of drug-likeness (QED) is 0.945. The third kappa shape index (κ3) is 3.41. The first-order valence-electron chi connectivity index (χ1n) is 6.44. The molecule has 0 fully saturated rings. The Kier molecular flexibility index (Phi) is 4.01. The van der Waals surface area contributed by atoms with E-state index in [-0.39, 0.29) is 4.90 Å². The highest BCUT2D eigenvalue weighted by molar-refractivity contribution is 7.92. The Morgan fingerprint density at radius 2 is 1.62 bits per heavy atom. The number of anilines is 1. The van der Waals surface area contributed by atoms with Crippen LogP contribution in [0.2, 0.25) is 0 Å². The van der Waals surface area contributed by atoms with Gasteiger partial charge in [0, 0.05) is 5.69 Å². The van der Waals surface area contributed by atoms with Crippen LogP contribution in [0.4, 0.5) is 5.69 Å². The van der Waals surface area contributed by atoms with Gasteiger partial charge in [-0.2, -0.15) is 5.26 Å². The normalized spacial score (nSPS) is 11.0. The number of sulfonamides is 1. The number of hydrogen-bond donors (Lipinski definition) is 1. The molecule has 0 aliphatic heterocycles. The molecule has 0 aliphatic carbocycles. The van der Waals surface area contributed by atoms with E-state index in [1.165, 1.54) is 18.2 Å². The van der Waals surface area contributed by atoms with Crippen LogP contribution in [-0.2, 0) is 10.0 Å². The van der Waals surface area contributed by atoms with E-state index >= 15 is 0 Å². The lowest BCUT2D eigenvalue weighted by molar-refractivity contribution is 0.601. The summed E-state index contributed by atoms with van der Waals surface area (Å²) >= 11 is 0. The summed E-state index contributed by atoms with van der Waals surface area (Å²) in [6.45, 7) is 5.54. The summed E-state index contributed by atoms with van der Waals surface area (Å²) in [5.41, 5.74) is 3.63. The van der Waals surface area contributed by atoms with E-state index in [0.717, 1.165) is 11.1 Å². The second kappa shape index (κ2) is 5.58. The second-order valence-electron chi connectivity index (χ2n) is 5.07. The van der Waals surface area contributed by atoms with Crippen LogP contribution in [0.1, 0.15) is 22.3 Å². The van der Waals surface area contributed by atoms with Crippen molar-refractivity contribution < 1.29 is 8.42 Å². The van der Waals surface area contributed by atoms with Crippen molar-refractivity contribution in [1.29, 1.82) is 5.26 Å². The van der Waals surface area contributed by atoms with Crippen molar-refractivity contribution >= 4 is 15.7 Å². The fourth-order valence-corrected chi connectivity index (χ4v) is 3.30. The Bertz CT molecular complexity index is 814. The maximum absolute atomic E-state index is 12.4. The van der Waals surface area contributed by atoms with Crippen molar-refractivity contribution in [2.24, 2.45) is 0 Å². The van der Waals surface area contributed by atoms with Gasteiger partial charge in [-0.15, -0.1) is 0 Å². The van der Waals surface area contributed by atoms with Crippen LogP contribution < -0.4 is 4.72 Å². The molecule has 0 bridgehead atoms. The molecule has 1 N–H and O–H groups in total. The fraction of sp³-hybridized carbons (Fsp3) is 0.188. The molecule has 4 nitrogen and oxygen atoms in total. The van der Waals surface area contributed by atoms with E-state index in [1.54, 1.807) is 19.1 Å². The summed E-state index contributed by atoms with van der Waals surface area (Å²) in [6.07, 6.45) is 0. The van der Waals surface area contributed by atoms with E-state index in [0.29, 0.717) is 16.8 Å². The lowest BCUT2D eigenvalue weighted by Gasteiger charge is -2.10. The molecule has 108 valence electrons. The largest absolute Gasteiger partial charge is 0.280 e. The molecule has 0 radical (unpaired) electrons. The summed E-state index contributed by atoms with van der Waals surface area (Å²) < 4.78 is 27.3. The third-order valence-electron chi connectivity index (χ3n) is 3.10. The lowest BCUT2D eigenvalue weighted by atomic mass is 10.1. The zero-order chi connectivity index (χ0) is 15.6. The van der Waals surface area contributed by atoms with Crippen LogP contribution in [0.5, 0.6) is 0 Å². The molecular formula is C16H16N2O2S. The third-order valence-corrected chi connectivity index (χ3v) is 4.48. The van der Waals surface area contributed by atoms with Gasteiger partial charge in [0.2, 0.25) is 0 Å². The van der Waals surface area contributed by atoms with Crippen LogP contribution in [0.3, 0.4) is 0 Å². The van der Waals surface area contributed by atoms with Gasteiger partial charge in [-0.1, -0.05) is 6.07 Å². The van der Waals surface area contributed by atoms with Crippen molar-refractivity contribution in [3.05, 3.63) is 58.7 Å². The highest BCUT2D eigenvalue weighted by atomic mass is 32.2. The van der Waals surface area contributed by atoms with Gasteiger partial charge >= 0.3 is 0 Å². The van der Waals surface area contributed by atoms with E-state index in [2.05, 4.69) is 4.72 Å². The molecule has 0 aromatic heterocycles. The molecule has 2 aromatic rings. The number of benzene rings is 2. The average Bonchev–Trinajstić information content (AvgIpc) is 2.36. The minimum atomic E-state index is -3.65. The topological polar surface area (TPSA) is 70.0 Å². The Morgan fingerprint density at radius 1 is 1.00 bits per heavy atom. The van der Waals surface area contributed by atoms with Crippen LogP contribution in [-0.4, -0.2) is 8.42 Å². The number of hydrogen-bond acceptors (Lipinski definition) is 3.